The van der Waals surface area contributed by atoms with Crippen LogP contribution in [0.1, 0.15) is 77.0 Å². The SMILES string of the molecule is CO[Si](C/C1=C/C=C\CCCC1)(C/C1=C/C=C\CCCC1)C/C1=C/C=C\CCCC1. The molecule has 0 amide bonds. The molecule has 0 saturated carbocycles. The lowest BCUT2D eigenvalue weighted by Crippen LogP contribution is -2.38. The van der Waals surface area contributed by atoms with Crippen LogP contribution in [0.3, 0.4) is 0 Å². The zero-order valence-corrected chi connectivity index (χ0v) is 20.2. The molecule has 0 aromatic heterocycles. The normalized spacial score (nSPS) is 29.7. The fourth-order valence-electron chi connectivity index (χ4n) is 5.08. The maximum Gasteiger partial charge on any atom is 0.204 e. The fourth-order valence-corrected chi connectivity index (χ4v) is 9.26. The first-order valence-electron chi connectivity index (χ1n) is 12.4. The van der Waals surface area contributed by atoms with E-state index >= 15 is 0 Å². The summed E-state index contributed by atoms with van der Waals surface area (Å²) in [5.74, 6) is 0. The smallest absolute Gasteiger partial charge is 0.204 e. The lowest BCUT2D eigenvalue weighted by Gasteiger charge is -2.33. The highest BCUT2D eigenvalue weighted by atomic mass is 28.4. The summed E-state index contributed by atoms with van der Waals surface area (Å²) in [6, 6.07) is 3.57. The van der Waals surface area contributed by atoms with Gasteiger partial charge in [0.1, 0.15) is 0 Å². The molecule has 0 saturated heterocycles. The summed E-state index contributed by atoms with van der Waals surface area (Å²) >= 11 is 0. The quantitative estimate of drug-likeness (QED) is 0.373. The molecule has 1 nitrogen and oxygen atoms in total. The van der Waals surface area contributed by atoms with Gasteiger partial charge in [0, 0.05) is 7.11 Å². The topological polar surface area (TPSA) is 9.23 Å². The molecule has 0 atom stereocenters. The Morgan fingerprint density at radius 1 is 0.600 bits per heavy atom. The molecular formula is C28H42OSi. The van der Waals surface area contributed by atoms with Crippen molar-refractivity contribution in [1.29, 1.82) is 0 Å². The minimum atomic E-state index is -1.95. The van der Waals surface area contributed by atoms with Crippen molar-refractivity contribution in [2.45, 2.75) is 95.2 Å². The van der Waals surface area contributed by atoms with Gasteiger partial charge in [-0.15, -0.1) is 0 Å². The standard InChI is InChI=1S/C28H42OSi/c1-29-30(23-26-17-11-5-2-6-12-18-26,24-27-19-13-7-3-8-14-20-27)25-28-21-15-9-4-10-16-22-28/h5,7,9,11,13,15,17,19,21H,2-4,6,8,10,12,14,16,18,20,22-25H2,1H3/b11-5-,13-7-,15-9-,26-17+,27-19+,28-21+. The molecule has 3 rings (SSSR count). The molecule has 30 heavy (non-hydrogen) atoms. The van der Waals surface area contributed by atoms with Crippen molar-refractivity contribution in [3.63, 3.8) is 0 Å². The van der Waals surface area contributed by atoms with Crippen molar-refractivity contribution >= 4 is 8.32 Å². The highest BCUT2D eigenvalue weighted by molar-refractivity contribution is 6.75. The zero-order chi connectivity index (χ0) is 20.9. The minimum absolute atomic E-state index is 1.19. The maximum atomic E-state index is 6.61. The monoisotopic (exact) mass is 422 g/mol. The highest BCUT2D eigenvalue weighted by Crippen LogP contribution is 2.37. The van der Waals surface area contributed by atoms with Crippen molar-refractivity contribution in [1.82, 2.24) is 0 Å². The molecule has 0 heterocycles. The van der Waals surface area contributed by atoms with Gasteiger partial charge in [0.25, 0.3) is 0 Å². The van der Waals surface area contributed by atoms with Crippen LogP contribution in [0, 0.1) is 0 Å². The summed E-state index contributed by atoms with van der Waals surface area (Å²) in [6.07, 6.45) is 36.6. The Morgan fingerprint density at radius 2 is 0.967 bits per heavy atom. The van der Waals surface area contributed by atoms with E-state index in [1.807, 2.05) is 7.11 Å². The number of hydrogen-bond donors (Lipinski definition) is 0. The van der Waals surface area contributed by atoms with Gasteiger partial charge in [0.2, 0.25) is 8.32 Å². The first-order valence-corrected chi connectivity index (χ1v) is 14.9. The van der Waals surface area contributed by atoms with Gasteiger partial charge in [-0.25, -0.2) is 0 Å². The van der Waals surface area contributed by atoms with Crippen molar-refractivity contribution in [3.05, 3.63) is 71.4 Å². The Kier molecular flexibility index (Phi) is 10.2. The van der Waals surface area contributed by atoms with E-state index in [9.17, 15) is 0 Å². The Labute approximate surface area is 186 Å². The van der Waals surface area contributed by atoms with E-state index in [0.29, 0.717) is 0 Å². The molecule has 0 aliphatic heterocycles. The van der Waals surface area contributed by atoms with Crippen molar-refractivity contribution in [3.8, 4) is 0 Å². The van der Waals surface area contributed by atoms with Gasteiger partial charge in [-0.3, -0.25) is 0 Å². The molecule has 164 valence electrons. The summed E-state index contributed by atoms with van der Waals surface area (Å²) in [5.41, 5.74) is 4.88. The van der Waals surface area contributed by atoms with E-state index in [2.05, 4.69) is 54.7 Å². The van der Waals surface area contributed by atoms with Crippen molar-refractivity contribution in [2.24, 2.45) is 0 Å². The summed E-state index contributed by atoms with van der Waals surface area (Å²) in [6.45, 7) is 0. The van der Waals surface area contributed by atoms with Crippen LogP contribution in [0.2, 0.25) is 18.1 Å². The van der Waals surface area contributed by atoms with Gasteiger partial charge >= 0.3 is 0 Å². The third kappa shape index (κ3) is 8.04. The number of hydrogen-bond acceptors (Lipinski definition) is 1. The van der Waals surface area contributed by atoms with E-state index in [1.165, 1.54) is 95.2 Å². The summed E-state index contributed by atoms with van der Waals surface area (Å²) in [5, 5.41) is 0. The summed E-state index contributed by atoms with van der Waals surface area (Å²) < 4.78 is 6.61. The molecule has 0 spiro atoms. The molecule has 3 aliphatic carbocycles. The third-order valence-electron chi connectivity index (χ3n) is 6.84. The van der Waals surface area contributed by atoms with E-state index < -0.39 is 8.32 Å². The number of rotatable bonds is 7. The van der Waals surface area contributed by atoms with Crippen LogP contribution in [-0.2, 0) is 4.43 Å². The molecule has 0 N–H and O–H groups in total. The van der Waals surface area contributed by atoms with E-state index in [-0.39, 0.29) is 0 Å². The van der Waals surface area contributed by atoms with Gasteiger partial charge in [-0.2, -0.15) is 0 Å². The molecule has 0 unspecified atom stereocenters. The minimum Gasteiger partial charge on any atom is -0.419 e. The van der Waals surface area contributed by atoms with Gasteiger partial charge in [0.05, 0.1) is 0 Å². The molecule has 0 aromatic rings. The Morgan fingerprint density at radius 3 is 1.30 bits per heavy atom. The van der Waals surface area contributed by atoms with Crippen molar-refractivity contribution in [2.75, 3.05) is 7.11 Å². The maximum absolute atomic E-state index is 6.61. The molecule has 0 radical (unpaired) electrons. The molecular weight excluding hydrogens is 380 g/mol. The Bertz CT molecular complexity index is 611. The van der Waals surface area contributed by atoms with Crippen LogP contribution in [0.15, 0.2) is 71.4 Å². The first-order chi connectivity index (χ1) is 14.8. The predicted octanol–water partition coefficient (Wildman–Crippen LogP) is 8.75. The van der Waals surface area contributed by atoms with E-state index in [4.69, 9.17) is 4.43 Å². The van der Waals surface area contributed by atoms with Crippen LogP contribution < -0.4 is 0 Å². The van der Waals surface area contributed by atoms with Gasteiger partial charge < -0.3 is 4.43 Å². The largest absolute Gasteiger partial charge is 0.419 e. The lowest BCUT2D eigenvalue weighted by molar-refractivity contribution is 0.394. The Balaban J connectivity index is 1.85. The second-order valence-electron chi connectivity index (χ2n) is 9.41. The molecule has 3 aliphatic rings. The van der Waals surface area contributed by atoms with E-state index in [1.54, 1.807) is 16.7 Å². The zero-order valence-electron chi connectivity index (χ0n) is 19.2. The fraction of sp³-hybridized carbons (Fsp3) is 0.571. The average molecular weight is 423 g/mol. The summed E-state index contributed by atoms with van der Waals surface area (Å²) in [4.78, 5) is 0. The molecule has 0 aromatic carbocycles. The van der Waals surface area contributed by atoms with Crippen LogP contribution in [-0.4, -0.2) is 15.4 Å². The van der Waals surface area contributed by atoms with Crippen LogP contribution in [0.5, 0.6) is 0 Å². The van der Waals surface area contributed by atoms with Crippen molar-refractivity contribution < 1.29 is 4.43 Å². The molecule has 0 fully saturated rings. The second kappa shape index (κ2) is 13.1. The molecule has 2 heteroatoms. The predicted molar refractivity (Wildman–Crippen MR) is 134 cm³/mol. The highest BCUT2D eigenvalue weighted by Gasteiger charge is 2.36. The number of allylic oxidation sites excluding steroid dienone is 12. The molecule has 0 bridgehead atoms. The summed E-state index contributed by atoms with van der Waals surface area (Å²) in [7, 11) is 0.0634. The lowest BCUT2D eigenvalue weighted by atomic mass is 10.0. The van der Waals surface area contributed by atoms with Crippen LogP contribution >= 0.6 is 0 Å². The van der Waals surface area contributed by atoms with Crippen LogP contribution in [0.25, 0.3) is 0 Å². The average Bonchev–Trinajstić information content (AvgIpc) is 2.68. The first kappa shape index (κ1) is 23.3. The second-order valence-corrected chi connectivity index (χ2v) is 13.2. The van der Waals surface area contributed by atoms with Gasteiger partial charge in [-0.1, -0.05) is 71.4 Å². The Hall–Kier alpha value is -1.38. The third-order valence-corrected chi connectivity index (χ3v) is 11.0. The van der Waals surface area contributed by atoms with Gasteiger partial charge in [-0.05, 0) is 95.2 Å². The van der Waals surface area contributed by atoms with E-state index in [0.717, 1.165) is 0 Å². The van der Waals surface area contributed by atoms with Crippen LogP contribution in [0.4, 0.5) is 0 Å². The van der Waals surface area contributed by atoms with Gasteiger partial charge in [0.15, 0.2) is 0 Å².